The van der Waals surface area contributed by atoms with Gasteiger partial charge >= 0.3 is 5.97 Å². The first kappa shape index (κ1) is 9.00. The van der Waals surface area contributed by atoms with Gasteiger partial charge in [-0.15, -0.1) is 0 Å². The molecule has 12 heavy (non-hydrogen) atoms. The second-order valence-corrected chi connectivity index (χ2v) is 2.99. The molecule has 0 aliphatic rings. The van der Waals surface area contributed by atoms with Crippen molar-refractivity contribution in [2.75, 3.05) is 0 Å². The van der Waals surface area contributed by atoms with Crippen LogP contribution in [-0.2, 0) is 4.74 Å². The van der Waals surface area contributed by atoms with Gasteiger partial charge in [-0.05, 0) is 24.3 Å². The fraction of sp³-hybridized carbons (Fsp3) is 0. The first-order valence-electron chi connectivity index (χ1n) is 3.31. The second kappa shape index (κ2) is 4.07. The van der Waals surface area contributed by atoms with Crippen LogP contribution in [0.25, 0.3) is 0 Å². The lowest BCUT2D eigenvalue weighted by molar-refractivity contribution is 0.0664. The van der Waals surface area contributed by atoms with Gasteiger partial charge in [0.05, 0.1) is 11.8 Å². The van der Waals surface area contributed by atoms with Crippen molar-refractivity contribution < 1.29 is 9.53 Å². The highest BCUT2D eigenvalue weighted by Crippen LogP contribution is 2.11. The number of hydrogen-bond donors (Lipinski definition) is 0. The van der Waals surface area contributed by atoms with Crippen molar-refractivity contribution in [3.8, 4) is 0 Å². The maximum atomic E-state index is 11.0. The van der Waals surface area contributed by atoms with E-state index in [9.17, 15) is 4.79 Å². The number of benzene rings is 1. The summed E-state index contributed by atoms with van der Waals surface area (Å²) in [4.78, 5) is 11.0. The van der Waals surface area contributed by atoms with Crippen LogP contribution in [-0.4, -0.2) is 5.97 Å². The third kappa shape index (κ3) is 2.20. The Labute approximate surface area is 79.0 Å². The van der Waals surface area contributed by atoms with Crippen molar-refractivity contribution in [2.45, 2.75) is 0 Å². The number of carbonyl (C=O) groups is 1. The quantitative estimate of drug-likeness (QED) is 0.573. The summed E-state index contributed by atoms with van der Waals surface area (Å²) in [6.45, 7) is 3.29. The highest BCUT2D eigenvalue weighted by molar-refractivity contribution is 9.10. The Morgan fingerprint density at radius 3 is 2.50 bits per heavy atom. The van der Waals surface area contributed by atoms with Crippen LogP contribution in [0.15, 0.2) is 41.6 Å². The molecule has 2 nitrogen and oxygen atoms in total. The zero-order chi connectivity index (χ0) is 8.97. The molecule has 1 aromatic carbocycles. The van der Waals surface area contributed by atoms with Crippen LogP contribution in [0.2, 0.25) is 0 Å². The third-order valence-corrected chi connectivity index (χ3v) is 1.80. The lowest BCUT2D eigenvalue weighted by Crippen LogP contribution is -1.99. The number of ether oxygens (including phenoxy) is 1. The van der Waals surface area contributed by atoms with Crippen LogP contribution < -0.4 is 0 Å². The normalized spacial score (nSPS) is 9.08. The molecular formula is C9H7BrO2. The molecule has 1 rings (SSSR count). The fourth-order valence-electron chi connectivity index (χ4n) is 0.730. The summed E-state index contributed by atoms with van der Waals surface area (Å²) in [5.74, 6) is -0.391. The van der Waals surface area contributed by atoms with Gasteiger partial charge in [-0.3, -0.25) is 0 Å². The molecule has 0 aromatic heterocycles. The Balaban J connectivity index is 2.82. The summed E-state index contributed by atoms with van der Waals surface area (Å²) in [6.07, 6.45) is 1.12. The maximum Gasteiger partial charge on any atom is 0.342 e. The molecular weight excluding hydrogens is 220 g/mol. The van der Waals surface area contributed by atoms with E-state index in [4.69, 9.17) is 0 Å². The number of rotatable bonds is 2. The van der Waals surface area contributed by atoms with Crippen LogP contribution in [0, 0.1) is 0 Å². The first-order chi connectivity index (χ1) is 5.74. The van der Waals surface area contributed by atoms with Gasteiger partial charge in [-0.25, -0.2) is 4.79 Å². The van der Waals surface area contributed by atoms with Gasteiger partial charge in [0.15, 0.2) is 0 Å². The van der Waals surface area contributed by atoms with E-state index in [0.29, 0.717) is 5.56 Å². The van der Waals surface area contributed by atoms with Gasteiger partial charge in [-0.2, -0.15) is 0 Å². The molecule has 0 saturated carbocycles. The molecule has 0 heterocycles. The Kier molecular flexibility index (Phi) is 3.05. The monoisotopic (exact) mass is 226 g/mol. The second-order valence-electron chi connectivity index (χ2n) is 2.08. The summed E-state index contributed by atoms with van der Waals surface area (Å²) in [6, 6.07) is 6.91. The zero-order valence-corrected chi connectivity index (χ0v) is 7.87. The Morgan fingerprint density at radius 1 is 1.42 bits per heavy atom. The average molecular weight is 227 g/mol. The first-order valence-corrected chi connectivity index (χ1v) is 4.11. The molecule has 0 spiro atoms. The molecule has 3 heteroatoms. The lowest BCUT2D eigenvalue weighted by atomic mass is 10.2. The van der Waals surface area contributed by atoms with E-state index >= 15 is 0 Å². The van der Waals surface area contributed by atoms with E-state index in [-0.39, 0.29) is 0 Å². The molecule has 0 aliphatic heterocycles. The highest BCUT2D eigenvalue weighted by Gasteiger charge is 2.03. The number of hydrogen-bond acceptors (Lipinski definition) is 2. The average Bonchev–Trinajstić information content (AvgIpc) is 2.06. The zero-order valence-electron chi connectivity index (χ0n) is 6.29. The Morgan fingerprint density at radius 2 is 2.00 bits per heavy atom. The molecule has 0 unspecified atom stereocenters. The lowest BCUT2D eigenvalue weighted by Gasteiger charge is -1.97. The fourth-order valence-corrected chi connectivity index (χ4v) is 0.994. The van der Waals surface area contributed by atoms with Crippen molar-refractivity contribution in [3.63, 3.8) is 0 Å². The van der Waals surface area contributed by atoms with Crippen LogP contribution >= 0.6 is 15.9 Å². The smallest absolute Gasteiger partial charge is 0.342 e. The van der Waals surface area contributed by atoms with Crippen molar-refractivity contribution >= 4 is 21.9 Å². The van der Waals surface area contributed by atoms with Gasteiger partial charge < -0.3 is 4.74 Å². The van der Waals surface area contributed by atoms with Crippen molar-refractivity contribution in [2.24, 2.45) is 0 Å². The van der Waals surface area contributed by atoms with Crippen LogP contribution in [0.1, 0.15) is 10.4 Å². The molecule has 0 amide bonds. The molecule has 0 aliphatic carbocycles. The van der Waals surface area contributed by atoms with Crippen LogP contribution in [0.4, 0.5) is 0 Å². The molecule has 0 bridgehead atoms. The van der Waals surface area contributed by atoms with E-state index in [1.807, 2.05) is 0 Å². The summed E-state index contributed by atoms with van der Waals surface area (Å²) in [5, 5.41) is 0. The van der Waals surface area contributed by atoms with Gasteiger partial charge in [0, 0.05) is 4.47 Å². The molecule has 0 N–H and O–H groups in total. The number of halogens is 1. The van der Waals surface area contributed by atoms with E-state index < -0.39 is 5.97 Å². The van der Waals surface area contributed by atoms with E-state index in [1.165, 1.54) is 0 Å². The van der Waals surface area contributed by atoms with E-state index in [1.54, 1.807) is 24.3 Å². The van der Waals surface area contributed by atoms with Crippen molar-refractivity contribution in [1.82, 2.24) is 0 Å². The van der Waals surface area contributed by atoms with E-state index in [0.717, 1.165) is 10.7 Å². The maximum absolute atomic E-state index is 11.0. The topological polar surface area (TPSA) is 26.3 Å². The minimum absolute atomic E-state index is 0.391. The summed E-state index contributed by atoms with van der Waals surface area (Å²) < 4.78 is 5.51. The number of carbonyl (C=O) groups excluding carboxylic acids is 1. The number of esters is 1. The van der Waals surface area contributed by atoms with Crippen molar-refractivity contribution in [3.05, 3.63) is 47.1 Å². The Bertz CT molecular complexity index is 290. The summed E-state index contributed by atoms with van der Waals surface area (Å²) in [5.41, 5.74) is 0.512. The molecule has 0 atom stereocenters. The molecule has 62 valence electrons. The molecule has 0 radical (unpaired) electrons. The largest absolute Gasteiger partial charge is 0.432 e. The molecule has 1 aromatic rings. The SMILES string of the molecule is C=COC(=O)c1ccc(Br)cc1. The minimum Gasteiger partial charge on any atom is -0.432 e. The molecule has 0 saturated heterocycles. The Hall–Kier alpha value is -1.09. The predicted molar refractivity (Wildman–Crippen MR) is 49.8 cm³/mol. The standard InChI is InChI=1S/C9H7BrO2/c1-2-12-9(11)7-3-5-8(10)6-4-7/h2-6H,1H2. The van der Waals surface area contributed by atoms with Gasteiger partial charge in [-0.1, -0.05) is 22.5 Å². The van der Waals surface area contributed by atoms with Crippen LogP contribution in [0.5, 0.6) is 0 Å². The van der Waals surface area contributed by atoms with Gasteiger partial charge in [0.25, 0.3) is 0 Å². The third-order valence-electron chi connectivity index (χ3n) is 1.27. The molecule has 0 fully saturated rings. The van der Waals surface area contributed by atoms with Crippen LogP contribution in [0.3, 0.4) is 0 Å². The summed E-state index contributed by atoms with van der Waals surface area (Å²) >= 11 is 3.26. The van der Waals surface area contributed by atoms with Crippen molar-refractivity contribution in [1.29, 1.82) is 0 Å². The summed E-state index contributed by atoms with van der Waals surface area (Å²) in [7, 11) is 0. The van der Waals surface area contributed by atoms with Gasteiger partial charge in [0.1, 0.15) is 0 Å². The van der Waals surface area contributed by atoms with E-state index in [2.05, 4.69) is 27.2 Å². The highest BCUT2D eigenvalue weighted by atomic mass is 79.9. The van der Waals surface area contributed by atoms with Gasteiger partial charge in [0.2, 0.25) is 0 Å². The predicted octanol–water partition coefficient (Wildman–Crippen LogP) is 2.75. The minimum atomic E-state index is -0.391.